The minimum absolute atomic E-state index is 0.107. The molecule has 0 aliphatic rings. The van der Waals surface area contributed by atoms with Crippen LogP contribution in [0.25, 0.3) is 0 Å². The lowest BCUT2D eigenvalue weighted by Crippen LogP contribution is -1.96. The maximum absolute atomic E-state index is 13.2. The van der Waals surface area contributed by atoms with Gasteiger partial charge in [-0.05, 0) is 62.3 Å². The SMILES string of the molecule is O=C(Cl)c1ccc(I)c(Br)c1F. The van der Waals surface area contributed by atoms with Crippen molar-refractivity contribution in [2.45, 2.75) is 0 Å². The molecule has 1 rings (SSSR count). The van der Waals surface area contributed by atoms with Gasteiger partial charge < -0.3 is 0 Å². The number of benzene rings is 1. The van der Waals surface area contributed by atoms with Gasteiger partial charge in [0.15, 0.2) is 5.82 Å². The van der Waals surface area contributed by atoms with Gasteiger partial charge in [-0.1, -0.05) is 0 Å². The van der Waals surface area contributed by atoms with Crippen LogP contribution in [0.4, 0.5) is 4.39 Å². The molecule has 0 heterocycles. The molecule has 0 spiro atoms. The van der Waals surface area contributed by atoms with Gasteiger partial charge in [-0.15, -0.1) is 0 Å². The van der Waals surface area contributed by atoms with Crippen molar-refractivity contribution >= 4 is 55.4 Å². The Morgan fingerprint density at radius 3 is 2.67 bits per heavy atom. The van der Waals surface area contributed by atoms with Crippen molar-refractivity contribution < 1.29 is 9.18 Å². The molecule has 1 nitrogen and oxygen atoms in total. The van der Waals surface area contributed by atoms with Crippen LogP contribution < -0.4 is 0 Å². The minimum Gasteiger partial charge on any atom is -0.275 e. The molecule has 1 aromatic rings. The molecule has 0 radical (unpaired) electrons. The predicted molar refractivity (Wildman–Crippen MR) is 57.0 cm³/mol. The quantitative estimate of drug-likeness (QED) is 0.424. The van der Waals surface area contributed by atoms with Crippen LogP contribution in [-0.4, -0.2) is 5.24 Å². The Morgan fingerprint density at radius 2 is 2.17 bits per heavy atom. The van der Waals surface area contributed by atoms with Gasteiger partial charge in [0.2, 0.25) is 0 Å². The van der Waals surface area contributed by atoms with E-state index in [4.69, 9.17) is 11.6 Å². The molecule has 0 amide bonds. The summed E-state index contributed by atoms with van der Waals surface area (Å²) in [6.07, 6.45) is 0. The smallest absolute Gasteiger partial charge is 0.255 e. The average Bonchev–Trinajstić information content (AvgIpc) is 2.00. The van der Waals surface area contributed by atoms with Crippen LogP contribution in [-0.2, 0) is 0 Å². The molecule has 0 atom stereocenters. The number of carbonyl (C=O) groups is 1. The zero-order valence-electron chi connectivity index (χ0n) is 5.57. The van der Waals surface area contributed by atoms with Crippen LogP contribution in [0.1, 0.15) is 10.4 Å². The van der Waals surface area contributed by atoms with E-state index in [0.717, 1.165) is 0 Å². The zero-order valence-corrected chi connectivity index (χ0v) is 10.1. The van der Waals surface area contributed by atoms with Crippen molar-refractivity contribution in [2.24, 2.45) is 0 Å². The van der Waals surface area contributed by atoms with Crippen LogP contribution >= 0.6 is 50.1 Å². The molecule has 64 valence electrons. The number of hydrogen-bond donors (Lipinski definition) is 0. The summed E-state index contributed by atoms with van der Waals surface area (Å²) in [7, 11) is 0. The van der Waals surface area contributed by atoms with Gasteiger partial charge in [-0.3, -0.25) is 4.79 Å². The molecule has 0 aliphatic carbocycles. The molecule has 12 heavy (non-hydrogen) atoms. The van der Waals surface area contributed by atoms with Crippen LogP contribution in [0.5, 0.6) is 0 Å². The van der Waals surface area contributed by atoms with Crippen molar-refractivity contribution in [3.05, 3.63) is 31.6 Å². The van der Waals surface area contributed by atoms with Gasteiger partial charge in [-0.25, -0.2) is 4.39 Å². The lowest BCUT2D eigenvalue weighted by molar-refractivity contribution is 0.107. The van der Waals surface area contributed by atoms with E-state index in [9.17, 15) is 9.18 Å². The molecule has 5 heteroatoms. The van der Waals surface area contributed by atoms with E-state index in [1.165, 1.54) is 6.07 Å². The summed E-state index contributed by atoms with van der Waals surface area (Å²) in [5.74, 6) is -0.609. The highest BCUT2D eigenvalue weighted by Crippen LogP contribution is 2.25. The van der Waals surface area contributed by atoms with E-state index in [2.05, 4.69) is 15.9 Å². The molecular weight excluding hydrogens is 361 g/mol. The Hall–Kier alpha value is 0.320. The second kappa shape index (κ2) is 4.02. The molecule has 0 aromatic heterocycles. The van der Waals surface area contributed by atoms with Gasteiger partial charge in [0, 0.05) is 3.57 Å². The summed E-state index contributed by atoms with van der Waals surface area (Å²) in [6.45, 7) is 0. The summed E-state index contributed by atoms with van der Waals surface area (Å²) >= 11 is 10.1. The monoisotopic (exact) mass is 362 g/mol. The summed E-state index contributed by atoms with van der Waals surface area (Å²) in [5, 5.41) is -0.787. The Labute approximate surface area is 95.6 Å². The summed E-state index contributed by atoms with van der Waals surface area (Å²) in [6, 6.07) is 2.97. The van der Waals surface area contributed by atoms with E-state index in [-0.39, 0.29) is 10.0 Å². The molecule has 0 N–H and O–H groups in total. The number of hydrogen-bond acceptors (Lipinski definition) is 1. The Bertz CT molecular complexity index is 342. The molecular formula is C7H2BrClFIO. The van der Waals surface area contributed by atoms with Gasteiger partial charge in [-0.2, -0.15) is 0 Å². The van der Waals surface area contributed by atoms with Gasteiger partial charge in [0.1, 0.15) is 0 Å². The van der Waals surface area contributed by atoms with Crippen molar-refractivity contribution in [1.29, 1.82) is 0 Å². The van der Waals surface area contributed by atoms with Gasteiger partial charge in [0.25, 0.3) is 5.24 Å². The van der Waals surface area contributed by atoms with Crippen LogP contribution in [0.3, 0.4) is 0 Å². The minimum atomic E-state index is -0.787. The number of carbonyl (C=O) groups excluding carboxylic acids is 1. The largest absolute Gasteiger partial charge is 0.275 e. The Balaban J connectivity index is 3.36. The highest BCUT2D eigenvalue weighted by molar-refractivity contribution is 14.1. The number of halogens is 4. The fourth-order valence-electron chi connectivity index (χ4n) is 0.678. The third kappa shape index (κ3) is 1.97. The van der Waals surface area contributed by atoms with E-state index in [0.29, 0.717) is 3.57 Å². The Morgan fingerprint density at radius 1 is 1.58 bits per heavy atom. The Kier molecular flexibility index (Phi) is 3.48. The molecule has 0 fully saturated rings. The maximum Gasteiger partial charge on any atom is 0.255 e. The molecule has 0 unspecified atom stereocenters. The topological polar surface area (TPSA) is 17.1 Å². The predicted octanol–water partition coefficient (Wildman–Crippen LogP) is 3.57. The summed E-state index contributed by atoms with van der Waals surface area (Å²) < 4.78 is 14.1. The molecule has 0 bridgehead atoms. The maximum atomic E-state index is 13.2. The first kappa shape index (κ1) is 10.4. The van der Waals surface area contributed by atoms with Crippen LogP contribution in [0.15, 0.2) is 16.6 Å². The third-order valence-corrected chi connectivity index (χ3v) is 3.87. The first-order valence-electron chi connectivity index (χ1n) is 2.87. The lowest BCUT2D eigenvalue weighted by Gasteiger charge is -2.00. The molecule has 0 aliphatic heterocycles. The van der Waals surface area contributed by atoms with Crippen molar-refractivity contribution in [1.82, 2.24) is 0 Å². The summed E-state index contributed by atoms with van der Waals surface area (Å²) in [5.41, 5.74) is -0.107. The first-order chi connectivity index (χ1) is 5.54. The second-order valence-corrected chi connectivity index (χ2v) is 4.30. The van der Waals surface area contributed by atoms with E-state index in [1.54, 1.807) is 6.07 Å². The fraction of sp³-hybridized carbons (Fsp3) is 0. The fourth-order valence-corrected chi connectivity index (χ4v) is 1.59. The van der Waals surface area contributed by atoms with Crippen LogP contribution in [0.2, 0.25) is 0 Å². The standard InChI is InChI=1S/C7H2BrClFIO/c8-5-4(11)2-1-3(6(5)10)7(9)12/h1-2H. The van der Waals surface area contributed by atoms with Crippen molar-refractivity contribution in [3.63, 3.8) is 0 Å². The normalized spacial score (nSPS) is 10.0. The average molecular weight is 363 g/mol. The van der Waals surface area contributed by atoms with E-state index >= 15 is 0 Å². The zero-order chi connectivity index (χ0) is 9.30. The van der Waals surface area contributed by atoms with Crippen molar-refractivity contribution in [3.8, 4) is 0 Å². The van der Waals surface area contributed by atoms with Crippen molar-refractivity contribution in [2.75, 3.05) is 0 Å². The molecule has 0 saturated heterocycles. The highest BCUT2D eigenvalue weighted by Gasteiger charge is 2.13. The summed E-state index contributed by atoms with van der Waals surface area (Å²) in [4.78, 5) is 10.6. The van der Waals surface area contributed by atoms with Crippen LogP contribution in [0, 0.1) is 9.39 Å². The van der Waals surface area contributed by atoms with E-state index in [1.807, 2.05) is 22.6 Å². The lowest BCUT2D eigenvalue weighted by atomic mass is 10.2. The number of rotatable bonds is 1. The molecule has 1 aromatic carbocycles. The van der Waals surface area contributed by atoms with Gasteiger partial charge >= 0.3 is 0 Å². The van der Waals surface area contributed by atoms with E-state index < -0.39 is 11.1 Å². The first-order valence-corrected chi connectivity index (χ1v) is 5.12. The third-order valence-electron chi connectivity index (χ3n) is 1.25. The van der Waals surface area contributed by atoms with Gasteiger partial charge in [0.05, 0.1) is 10.0 Å². The highest BCUT2D eigenvalue weighted by atomic mass is 127. The molecule has 0 saturated carbocycles. The second-order valence-electron chi connectivity index (χ2n) is 2.00.